The first-order valence-corrected chi connectivity index (χ1v) is 12.0. The number of benzene rings is 3. The molecule has 0 spiro atoms. The minimum Gasteiger partial charge on any atom is -0.494 e. The molecule has 0 bridgehead atoms. The van der Waals surface area contributed by atoms with E-state index in [9.17, 15) is 4.79 Å². The lowest BCUT2D eigenvalue weighted by Crippen LogP contribution is -2.41. The summed E-state index contributed by atoms with van der Waals surface area (Å²) in [5.41, 5.74) is 3.45. The Morgan fingerprint density at radius 2 is 1.58 bits per heavy atom. The fourth-order valence-electron chi connectivity index (χ4n) is 4.44. The number of nitrogens with zero attached hydrogens (tertiary/aromatic N) is 1. The Morgan fingerprint density at radius 3 is 2.30 bits per heavy atom. The van der Waals surface area contributed by atoms with Crippen molar-refractivity contribution in [3.8, 4) is 22.6 Å². The molecule has 33 heavy (non-hydrogen) atoms. The van der Waals surface area contributed by atoms with Gasteiger partial charge in [-0.3, -0.25) is 4.79 Å². The van der Waals surface area contributed by atoms with Crippen molar-refractivity contribution in [2.24, 2.45) is 5.92 Å². The Bertz CT molecular complexity index is 1010. The number of hydrogen-bond acceptors (Lipinski definition) is 3. The summed E-state index contributed by atoms with van der Waals surface area (Å²) in [4.78, 5) is 14.7. The number of amides is 1. The van der Waals surface area contributed by atoms with Gasteiger partial charge in [-0.05, 0) is 67.9 Å². The lowest BCUT2D eigenvalue weighted by atomic mass is 9.90. The molecule has 0 N–H and O–H groups in total. The second-order valence-corrected chi connectivity index (χ2v) is 8.59. The van der Waals surface area contributed by atoms with Gasteiger partial charge in [0.2, 0.25) is 0 Å². The zero-order chi connectivity index (χ0) is 22.9. The van der Waals surface area contributed by atoms with E-state index in [0.717, 1.165) is 61.4 Å². The van der Waals surface area contributed by atoms with E-state index in [-0.39, 0.29) is 12.5 Å². The van der Waals surface area contributed by atoms with E-state index in [1.165, 1.54) is 5.56 Å². The summed E-state index contributed by atoms with van der Waals surface area (Å²) in [7, 11) is 0. The number of likely N-dealkylation sites (tertiary alicyclic amines) is 1. The van der Waals surface area contributed by atoms with Crippen LogP contribution in [0.3, 0.4) is 0 Å². The topological polar surface area (TPSA) is 38.8 Å². The van der Waals surface area contributed by atoms with Gasteiger partial charge >= 0.3 is 0 Å². The normalized spacial score (nSPS) is 14.2. The highest BCUT2D eigenvalue weighted by molar-refractivity contribution is 5.78. The van der Waals surface area contributed by atoms with E-state index < -0.39 is 0 Å². The van der Waals surface area contributed by atoms with Crippen molar-refractivity contribution in [1.82, 2.24) is 4.90 Å². The number of carbonyl (C=O) groups excluding carboxylic acids is 1. The first kappa shape index (κ1) is 22.9. The van der Waals surface area contributed by atoms with Gasteiger partial charge in [-0.2, -0.15) is 0 Å². The fourth-order valence-corrected chi connectivity index (χ4v) is 4.44. The second kappa shape index (κ2) is 11.6. The maximum absolute atomic E-state index is 12.8. The van der Waals surface area contributed by atoms with Crippen molar-refractivity contribution in [3.05, 3.63) is 84.4 Å². The van der Waals surface area contributed by atoms with Crippen LogP contribution in [0.15, 0.2) is 78.9 Å². The van der Waals surface area contributed by atoms with Crippen LogP contribution in [0.25, 0.3) is 11.1 Å². The SMILES string of the molecule is CCOc1ccc(CCC2CCN(C(=O)COc3ccccc3-c3ccccc3)CC2)cc1. The van der Waals surface area contributed by atoms with Gasteiger partial charge in [-0.15, -0.1) is 0 Å². The highest BCUT2D eigenvalue weighted by atomic mass is 16.5. The second-order valence-electron chi connectivity index (χ2n) is 8.59. The number of rotatable bonds is 9. The molecule has 3 aromatic carbocycles. The standard InChI is InChI=1S/C29H33NO3/c1-2-32-26-16-14-23(15-17-26)12-13-24-18-20-30(21-19-24)29(31)22-33-28-11-7-6-10-27(28)25-8-4-3-5-9-25/h3-11,14-17,24H,2,12-13,18-22H2,1H3. The molecule has 1 aliphatic rings. The van der Waals surface area contributed by atoms with Crippen LogP contribution in [0.4, 0.5) is 0 Å². The number of para-hydroxylation sites is 1. The Morgan fingerprint density at radius 1 is 0.879 bits per heavy atom. The number of aryl methyl sites for hydroxylation is 1. The highest BCUT2D eigenvalue weighted by Gasteiger charge is 2.23. The van der Waals surface area contributed by atoms with E-state index in [4.69, 9.17) is 9.47 Å². The van der Waals surface area contributed by atoms with Gasteiger partial charge in [0.1, 0.15) is 11.5 Å². The molecule has 1 heterocycles. The summed E-state index contributed by atoms with van der Waals surface area (Å²) < 4.78 is 11.5. The third-order valence-electron chi connectivity index (χ3n) is 6.37. The number of ether oxygens (including phenoxy) is 2. The van der Waals surface area contributed by atoms with Crippen molar-refractivity contribution < 1.29 is 14.3 Å². The molecule has 0 saturated carbocycles. The molecule has 0 atom stereocenters. The van der Waals surface area contributed by atoms with Gasteiger partial charge in [-0.1, -0.05) is 60.7 Å². The molecular weight excluding hydrogens is 410 g/mol. The lowest BCUT2D eigenvalue weighted by Gasteiger charge is -2.32. The van der Waals surface area contributed by atoms with Crippen molar-refractivity contribution in [2.45, 2.75) is 32.6 Å². The minimum absolute atomic E-state index is 0.0721. The van der Waals surface area contributed by atoms with Gasteiger partial charge in [0, 0.05) is 18.7 Å². The Hall–Kier alpha value is -3.27. The maximum Gasteiger partial charge on any atom is 0.260 e. The van der Waals surface area contributed by atoms with Crippen LogP contribution in [0, 0.1) is 5.92 Å². The summed E-state index contributed by atoms with van der Waals surface area (Å²) in [6.07, 6.45) is 4.36. The number of piperidine rings is 1. The molecule has 1 aliphatic heterocycles. The van der Waals surface area contributed by atoms with Crippen LogP contribution in [-0.2, 0) is 11.2 Å². The summed E-state index contributed by atoms with van der Waals surface area (Å²) in [6.45, 7) is 4.41. The van der Waals surface area contributed by atoms with Crippen molar-refractivity contribution in [3.63, 3.8) is 0 Å². The molecule has 0 radical (unpaired) electrons. The molecule has 0 aromatic heterocycles. The average Bonchev–Trinajstić information content (AvgIpc) is 2.88. The largest absolute Gasteiger partial charge is 0.494 e. The molecule has 0 aliphatic carbocycles. The summed E-state index contributed by atoms with van der Waals surface area (Å²) >= 11 is 0. The molecule has 1 amide bonds. The van der Waals surface area contributed by atoms with E-state index in [0.29, 0.717) is 12.5 Å². The zero-order valence-corrected chi connectivity index (χ0v) is 19.4. The van der Waals surface area contributed by atoms with Crippen molar-refractivity contribution >= 4 is 5.91 Å². The third kappa shape index (κ3) is 6.38. The van der Waals surface area contributed by atoms with Crippen molar-refractivity contribution in [2.75, 3.05) is 26.3 Å². The van der Waals surface area contributed by atoms with Crippen LogP contribution in [-0.4, -0.2) is 37.1 Å². The van der Waals surface area contributed by atoms with E-state index in [1.54, 1.807) is 0 Å². The Balaban J connectivity index is 1.22. The van der Waals surface area contributed by atoms with Crippen LogP contribution in [0.2, 0.25) is 0 Å². The Labute approximate surface area is 197 Å². The molecule has 4 nitrogen and oxygen atoms in total. The maximum atomic E-state index is 12.8. The van der Waals surface area contributed by atoms with Gasteiger partial charge in [0.15, 0.2) is 6.61 Å². The van der Waals surface area contributed by atoms with Crippen molar-refractivity contribution in [1.29, 1.82) is 0 Å². The van der Waals surface area contributed by atoms with Crippen LogP contribution < -0.4 is 9.47 Å². The van der Waals surface area contributed by atoms with E-state index in [1.807, 2.05) is 54.3 Å². The lowest BCUT2D eigenvalue weighted by molar-refractivity contribution is -0.134. The predicted octanol–water partition coefficient (Wildman–Crippen LogP) is 6.00. The molecule has 4 rings (SSSR count). The fraction of sp³-hybridized carbons (Fsp3) is 0.345. The molecule has 0 unspecified atom stereocenters. The molecule has 1 fully saturated rings. The van der Waals surface area contributed by atoms with E-state index >= 15 is 0 Å². The summed E-state index contributed by atoms with van der Waals surface area (Å²) in [6, 6.07) is 26.5. The zero-order valence-electron chi connectivity index (χ0n) is 19.4. The monoisotopic (exact) mass is 443 g/mol. The van der Waals surface area contributed by atoms with Gasteiger partial charge in [-0.25, -0.2) is 0 Å². The number of carbonyl (C=O) groups is 1. The number of hydrogen-bond donors (Lipinski definition) is 0. The molecule has 4 heteroatoms. The first-order valence-electron chi connectivity index (χ1n) is 12.0. The predicted molar refractivity (Wildman–Crippen MR) is 133 cm³/mol. The summed E-state index contributed by atoms with van der Waals surface area (Å²) in [5, 5.41) is 0. The van der Waals surface area contributed by atoms with Gasteiger partial charge in [0.25, 0.3) is 5.91 Å². The molecule has 3 aromatic rings. The van der Waals surface area contributed by atoms with E-state index in [2.05, 4.69) is 36.4 Å². The minimum atomic E-state index is 0.0721. The quantitative estimate of drug-likeness (QED) is 0.407. The van der Waals surface area contributed by atoms with Crippen LogP contribution >= 0.6 is 0 Å². The van der Waals surface area contributed by atoms with Crippen LogP contribution in [0.1, 0.15) is 31.7 Å². The molecule has 1 saturated heterocycles. The average molecular weight is 444 g/mol. The Kier molecular flexibility index (Phi) is 8.02. The highest BCUT2D eigenvalue weighted by Crippen LogP contribution is 2.30. The molecular formula is C29H33NO3. The van der Waals surface area contributed by atoms with Gasteiger partial charge in [0.05, 0.1) is 6.61 Å². The smallest absolute Gasteiger partial charge is 0.260 e. The van der Waals surface area contributed by atoms with Gasteiger partial charge < -0.3 is 14.4 Å². The first-order chi connectivity index (χ1) is 16.2. The van der Waals surface area contributed by atoms with Crippen LogP contribution in [0.5, 0.6) is 11.5 Å². The molecule has 172 valence electrons. The summed E-state index contributed by atoms with van der Waals surface area (Å²) in [5.74, 6) is 2.42. The third-order valence-corrected chi connectivity index (χ3v) is 6.37.